The first-order valence-corrected chi connectivity index (χ1v) is 12.7. The lowest BCUT2D eigenvalue weighted by atomic mass is 9.95. The molecule has 1 saturated heterocycles. The van der Waals surface area contributed by atoms with Gasteiger partial charge in [-0.2, -0.15) is 13.2 Å². The molecule has 1 unspecified atom stereocenters. The molecule has 0 spiro atoms. The number of anilines is 2. The number of carbonyl (C=O) groups is 1. The molecule has 216 valence electrons. The zero-order chi connectivity index (χ0) is 29.0. The Hall–Kier alpha value is -3.78. The van der Waals surface area contributed by atoms with E-state index in [4.69, 9.17) is 15.5 Å². The summed E-state index contributed by atoms with van der Waals surface area (Å²) in [5.74, 6) is -1.81. The van der Waals surface area contributed by atoms with Crippen LogP contribution in [-0.2, 0) is 17.5 Å². The number of benzene rings is 1. The summed E-state index contributed by atoms with van der Waals surface area (Å²) in [6.45, 7) is 4.47. The molecule has 1 aliphatic heterocycles. The fourth-order valence-electron chi connectivity index (χ4n) is 4.90. The number of nitrogens with zero attached hydrogens (tertiary/aromatic N) is 5. The summed E-state index contributed by atoms with van der Waals surface area (Å²) in [6.07, 6.45) is -0.754. The molecular weight excluding hydrogens is 534 g/mol. The number of nitrogens with one attached hydrogen (secondary N) is 1. The van der Waals surface area contributed by atoms with Crippen LogP contribution in [0.1, 0.15) is 47.4 Å². The molecule has 2 aromatic heterocycles. The Kier molecular flexibility index (Phi) is 8.88. The molecule has 0 radical (unpaired) electrons. The second-order valence-electron chi connectivity index (χ2n) is 9.70. The molecule has 3 heterocycles. The molecule has 1 aliphatic rings. The largest absolute Gasteiger partial charge is 0.477 e. The first-order valence-electron chi connectivity index (χ1n) is 12.7. The van der Waals surface area contributed by atoms with Gasteiger partial charge in [-0.05, 0) is 38.0 Å². The smallest absolute Gasteiger partial charge is 0.419 e. The highest BCUT2D eigenvalue weighted by atomic mass is 19.4. The topological polar surface area (TPSA) is 131 Å². The van der Waals surface area contributed by atoms with Gasteiger partial charge in [0.1, 0.15) is 35.2 Å². The van der Waals surface area contributed by atoms with E-state index in [1.54, 1.807) is 13.3 Å². The molecule has 14 heteroatoms. The molecule has 0 aliphatic carbocycles. The van der Waals surface area contributed by atoms with Crippen molar-refractivity contribution in [3.05, 3.63) is 53.5 Å². The number of hydrogen-bond donors (Lipinski definition) is 3. The fraction of sp³-hybridized carbons (Fsp3) is 0.462. The van der Waals surface area contributed by atoms with Crippen molar-refractivity contribution < 1.29 is 32.2 Å². The minimum atomic E-state index is -4.83. The number of halogens is 4. The van der Waals surface area contributed by atoms with Crippen molar-refractivity contribution in [2.45, 2.75) is 44.4 Å². The Morgan fingerprint density at radius 1 is 1.27 bits per heavy atom. The summed E-state index contributed by atoms with van der Waals surface area (Å²) < 4.78 is 61.1. The SMILES string of the molecule is COCC(C)NCCn1cc(-c2ccc(F)c(C(F)(F)F)c2)nc1C1CCN(c2ncnc(N)c2C(=O)O)CC1. The molecule has 3 aromatic rings. The third kappa shape index (κ3) is 6.50. The van der Waals surface area contributed by atoms with Crippen LogP contribution in [0, 0.1) is 5.82 Å². The third-order valence-electron chi connectivity index (χ3n) is 6.87. The minimum absolute atomic E-state index is 0.0589. The summed E-state index contributed by atoms with van der Waals surface area (Å²) in [6, 6.07) is 2.96. The van der Waals surface area contributed by atoms with Crippen molar-refractivity contribution in [1.29, 1.82) is 0 Å². The maximum Gasteiger partial charge on any atom is 0.419 e. The Labute approximate surface area is 228 Å². The molecule has 0 amide bonds. The van der Waals surface area contributed by atoms with Crippen LogP contribution in [0.3, 0.4) is 0 Å². The summed E-state index contributed by atoms with van der Waals surface area (Å²) in [5.41, 5.74) is 4.75. The summed E-state index contributed by atoms with van der Waals surface area (Å²) >= 11 is 0. The van der Waals surface area contributed by atoms with Gasteiger partial charge < -0.3 is 30.4 Å². The summed E-state index contributed by atoms with van der Waals surface area (Å²) in [5, 5.41) is 12.9. The predicted molar refractivity (Wildman–Crippen MR) is 140 cm³/mol. The van der Waals surface area contributed by atoms with Crippen molar-refractivity contribution in [2.24, 2.45) is 0 Å². The lowest BCUT2D eigenvalue weighted by Gasteiger charge is -2.33. The van der Waals surface area contributed by atoms with Crippen LogP contribution in [0.25, 0.3) is 11.3 Å². The number of alkyl halides is 3. The van der Waals surface area contributed by atoms with Crippen LogP contribution in [0.15, 0.2) is 30.7 Å². The molecular formula is C26H31F4N7O3. The van der Waals surface area contributed by atoms with Crippen LogP contribution < -0.4 is 16.0 Å². The number of imidazole rings is 1. The van der Waals surface area contributed by atoms with E-state index in [1.165, 1.54) is 12.4 Å². The van der Waals surface area contributed by atoms with Crippen molar-refractivity contribution in [1.82, 2.24) is 24.8 Å². The summed E-state index contributed by atoms with van der Waals surface area (Å²) in [4.78, 5) is 26.2. The molecule has 0 saturated carbocycles. The van der Waals surface area contributed by atoms with Crippen molar-refractivity contribution in [3.63, 3.8) is 0 Å². The van der Waals surface area contributed by atoms with Crippen molar-refractivity contribution in [3.8, 4) is 11.3 Å². The lowest BCUT2D eigenvalue weighted by Crippen LogP contribution is -2.36. The highest BCUT2D eigenvalue weighted by molar-refractivity contribution is 5.98. The van der Waals surface area contributed by atoms with Crippen molar-refractivity contribution >= 4 is 17.6 Å². The van der Waals surface area contributed by atoms with Gasteiger partial charge in [0.15, 0.2) is 0 Å². The molecule has 1 fully saturated rings. The van der Waals surface area contributed by atoms with Gasteiger partial charge in [0.2, 0.25) is 0 Å². The number of nitrogens with two attached hydrogens (primary N) is 1. The number of piperidine rings is 1. The van der Waals surface area contributed by atoms with E-state index in [1.807, 2.05) is 16.4 Å². The third-order valence-corrected chi connectivity index (χ3v) is 6.87. The number of rotatable bonds is 10. The van der Waals surface area contributed by atoms with Crippen LogP contribution in [0.5, 0.6) is 0 Å². The number of nitrogen functional groups attached to an aromatic ring is 1. The highest BCUT2D eigenvalue weighted by Crippen LogP contribution is 2.36. The maximum atomic E-state index is 13.9. The van der Waals surface area contributed by atoms with Gasteiger partial charge in [-0.15, -0.1) is 0 Å². The molecule has 1 atom stereocenters. The number of carboxylic acid groups (broad SMARTS) is 1. The Balaban J connectivity index is 1.60. The van der Waals surface area contributed by atoms with Gasteiger partial charge in [-0.25, -0.2) is 24.1 Å². The van der Waals surface area contributed by atoms with Gasteiger partial charge in [0, 0.05) is 57.0 Å². The zero-order valence-electron chi connectivity index (χ0n) is 22.1. The number of ether oxygens (including phenoxy) is 1. The summed E-state index contributed by atoms with van der Waals surface area (Å²) in [7, 11) is 1.61. The molecule has 40 heavy (non-hydrogen) atoms. The molecule has 0 bridgehead atoms. The number of hydrogen-bond acceptors (Lipinski definition) is 8. The first kappa shape index (κ1) is 29.2. The quantitative estimate of drug-likeness (QED) is 0.314. The van der Waals surface area contributed by atoms with Gasteiger partial charge in [0.25, 0.3) is 0 Å². The molecule has 1 aromatic carbocycles. The monoisotopic (exact) mass is 565 g/mol. The average Bonchev–Trinajstić information content (AvgIpc) is 3.32. The average molecular weight is 566 g/mol. The van der Waals surface area contributed by atoms with Crippen LogP contribution in [-0.4, -0.2) is 70.0 Å². The Bertz CT molecular complexity index is 1340. The second-order valence-corrected chi connectivity index (χ2v) is 9.70. The predicted octanol–water partition coefficient (Wildman–Crippen LogP) is 3.79. The second kappa shape index (κ2) is 12.2. The van der Waals surface area contributed by atoms with Gasteiger partial charge in [0.05, 0.1) is 17.9 Å². The van der Waals surface area contributed by atoms with Crippen LogP contribution in [0.2, 0.25) is 0 Å². The van der Waals surface area contributed by atoms with Gasteiger partial charge in [-0.1, -0.05) is 0 Å². The van der Waals surface area contributed by atoms with E-state index in [9.17, 15) is 27.5 Å². The minimum Gasteiger partial charge on any atom is -0.477 e. The number of aromatic carboxylic acids is 1. The van der Waals surface area contributed by atoms with E-state index in [2.05, 4.69) is 15.3 Å². The standard InChI is InChI=1S/C26H31F4N7O3/c1-15(13-40-2)32-7-10-37-12-20(17-3-4-19(27)18(11-17)26(28,29)30)35-23(37)16-5-8-36(9-6-16)24-21(25(38)39)22(31)33-14-34-24/h3-4,11-12,14-16,32H,5-10,13H2,1-2H3,(H,38,39)(H2,31,33,34). The van der Waals surface area contributed by atoms with Crippen molar-refractivity contribution in [2.75, 3.05) is 44.0 Å². The van der Waals surface area contributed by atoms with Gasteiger partial charge in [-0.3, -0.25) is 0 Å². The van der Waals surface area contributed by atoms with Crippen LogP contribution in [0.4, 0.5) is 29.2 Å². The van der Waals surface area contributed by atoms with E-state index >= 15 is 0 Å². The Morgan fingerprint density at radius 3 is 2.65 bits per heavy atom. The molecule has 4 rings (SSSR count). The van der Waals surface area contributed by atoms with E-state index < -0.39 is 23.5 Å². The fourth-order valence-corrected chi connectivity index (χ4v) is 4.90. The van der Waals surface area contributed by atoms with E-state index in [-0.39, 0.29) is 34.7 Å². The normalized spacial score (nSPS) is 15.4. The number of aromatic nitrogens is 4. The molecule has 4 N–H and O–H groups in total. The Morgan fingerprint density at radius 2 is 2.00 bits per heavy atom. The zero-order valence-corrected chi connectivity index (χ0v) is 22.1. The molecule has 10 nitrogen and oxygen atoms in total. The number of carboxylic acids is 1. The van der Waals surface area contributed by atoms with E-state index in [0.717, 1.165) is 12.1 Å². The maximum absolute atomic E-state index is 13.9. The van der Waals surface area contributed by atoms with Crippen LogP contribution >= 0.6 is 0 Å². The first-order chi connectivity index (χ1) is 19.0. The number of methoxy groups -OCH3 is 1. The highest BCUT2D eigenvalue weighted by Gasteiger charge is 2.35. The van der Waals surface area contributed by atoms with Gasteiger partial charge >= 0.3 is 12.1 Å². The lowest BCUT2D eigenvalue weighted by molar-refractivity contribution is -0.139. The van der Waals surface area contributed by atoms with E-state index in [0.29, 0.717) is 57.1 Å².